The predicted octanol–water partition coefficient (Wildman–Crippen LogP) is 0.466. The van der Waals surface area contributed by atoms with Crippen LogP contribution in [0.3, 0.4) is 0 Å². The van der Waals surface area contributed by atoms with Crippen LogP contribution in [-0.4, -0.2) is 11.7 Å². The third kappa shape index (κ3) is 3.46. The van der Waals surface area contributed by atoms with Gasteiger partial charge in [0, 0.05) is 5.57 Å². The Kier molecular flexibility index (Phi) is 2.64. The molecule has 1 amide bonds. The van der Waals surface area contributed by atoms with Crippen molar-refractivity contribution >= 4 is 11.7 Å². The summed E-state index contributed by atoms with van der Waals surface area (Å²) in [5, 5.41) is 0. The van der Waals surface area contributed by atoms with Crippen LogP contribution in [0.5, 0.6) is 0 Å². The van der Waals surface area contributed by atoms with Crippen LogP contribution in [0.25, 0.3) is 0 Å². The number of rotatable bonds is 1. The first-order valence-corrected chi connectivity index (χ1v) is 2.54. The molecule has 0 saturated heterocycles. The molecule has 3 heteroatoms. The summed E-state index contributed by atoms with van der Waals surface area (Å²) in [5.41, 5.74) is 5.52. The lowest BCUT2D eigenvalue weighted by molar-refractivity contribution is -0.114. The summed E-state index contributed by atoms with van der Waals surface area (Å²) >= 11 is 0. The molecule has 0 rings (SSSR count). The van der Waals surface area contributed by atoms with Gasteiger partial charge in [-0.3, -0.25) is 4.79 Å². The van der Waals surface area contributed by atoms with E-state index in [-0.39, 0.29) is 11.7 Å². The summed E-state index contributed by atoms with van der Waals surface area (Å²) in [6, 6.07) is 0. The summed E-state index contributed by atoms with van der Waals surface area (Å²) < 4.78 is 0. The summed E-state index contributed by atoms with van der Waals surface area (Å²) in [6.45, 7) is 6.54. The minimum absolute atomic E-state index is 0.267. The van der Waals surface area contributed by atoms with Crippen LogP contribution in [0, 0.1) is 0 Å². The Morgan fingerprint density at radius 1 is 1.56 bits per heavy atom. The Hall–Kier alpha value is -1.12. The van der Waals surface area contributed by atoms with Crippen LogP contribution in [-0.2, 0) is 4.79 Å². The van der Waals surface area contributed by atoms with Gasteiger partial charge in [-0.1, -0.05) is 6.58 Å². The van der Waals surface area contributed by atoms with E-state index in [1.807, 2.05) is 0 Å². The Morgan fingerprint density at radius 3 is 2.11 bits per heavy atom. The molecule has 3 nitrogen and oxygen atoms in total. The highest BCUT2D eigenvalue weighted by atomic mass is 16.1. The first-order valence-electron chi connectivity index (χ1n) is 2.54. The van der Waals surface area contributed by atoms with E-state index in [1.165, 1.54) is 0 Å². The standard InChI is InChI=1S/C6H10N2O/c1-4(2)6(9)8-5(3)7/h1H2,2-3H3,(H2,7,8,9). The minimum atomic E-state index is -0.352. The lowest BCUT2D eigenvalue weighted by Crippen LogP contribution is -2.09. The quantitative estimate of drug-likeness (QED) is 0.315. The molecule has 0 atom stereocenters. The SMILES string of the molecule is C=C(C)C(=O)N=C(C)N. The van der Waals surface area contributed by atoms with E-state index in [1.54, 1.807) is 13.8 Å². The van der Waals surface area contributed by atoms with Crippen molar-refractivity contribution in [3.63, 3.8) is 0 Å². The van der Waals surface area contributed by atoms with Gasteiger partial charge in [0.25, 0.3) is 5.91 Å². The van der Waals surface area contributed by atoms with Crippen molar-refractivity contribution in [1.29, 1.82) is 0 Å². The number of hydrogen-bond acceptors (Lipinski definition) is 1. The van der Waals surface area contributed by atoms with Crippen LogP contribution in [0.4, 0.5) is 0 Å². The normalized spacial score (nSPS) is 11.1. The summed E-state index contributed by atoms with van der Waals surface area (Å²) in [7, 11) is 0. The van der Waals surface area contributed by atoms with Gasteiger partial charge in [0.2, 0.25) is 0 Å². The molecular formula is C6H10N2O. The molecule has 0 radical (unpaired) electrons. The van der Waals surface area contributed by atoms with Crippen LogP contribution < -0.4 is 5.73 Å². The van der Waals surface area contributed by atoms with Crippen molar-refractivity contribution in [3.8, 4) is 0 Å². The highest BCUT2D eigenvalue weighted by Crippen LogP contribution is 1.89. The third-order valence-electron chi connectivity index (χ3n) is 0.643. The number of hydrogen-bond donors (Lipinski definition) is 1. The smallest absolute Gasteiger partial charge is 0.273 e. The maximum atomic E-state index is 10.6. The molecule has 0 bridgehead atoms. The average molecular weight is 126 g/mol. The molecule has 9 heavy (non-hydrogen) atoms. The van der Waals surface area contributed by atoms with Crippen molar-refractivity contribution in [3.05, 3.63) is 12.2 Å². The van der Waals surface area contributed by atoms with Gasteiger partial charge in [0.1, 0.15) is 5.84 Å². The second-order valence-electron chi connectivity index (χ2n) is 1.84. The van der Waals surface area contributed by atoms with Gasteiger partial charge in [0.05, 0.1) is 0 Å². The average Bonchev–Trinajstić information content (AvgIpc) is 1.63. The first-order chi connectivity index (χ1) is 4.04. The zero-order valence-electron chi connectivity index (χ0n) is 5.64. The Labute approximate surface area is 54.3 Å². The van der Waals surface area contributed by atoms with E-state index in [2.05, 4.69) is 11.6 Å². The third-order valence-corrected chi connectivity index (χ3v) is 0.643. The minimum Gasteiger partial charge on any atom is -0.387 e. The number of amides is 1. The lowest BCUT2D eigenvalue weighted by Gasteiger charge is -1.89. The molecular weight excluding hydrogens is 116 g/mol. The molecule has 0 aliphatic rings. The molecule has 0 aromatic carbocycles. The zero-order valence-corrected chi connectivity index (χ0v) is 5.64. The number of amidine groups is 1. The molecule has 0 aromatic rings. The molecule has 2 N–H and O–H groups in total. The van der Waals surface area contributed by atoms with Crippen LogP contribution >= 0.6 is 0 Å². The summed E-state index contributed by atoms with van der Waals surface area (Å²) in [4.78, 5) is 14.0. The van der Waals surface area contributed by atoms with Gasteiger partial charge >= 0.3 is 0 Å². The van der Waals surface area contributed by atoms with Gasteiger partial charge in [-0.05, 0) is 13.8 Å². The van der Waals surface area contributed by atoms with Crippen molar-refractivity contribution in [2.24, 2.45) is 10.7 Å². The Balaban J connectivity index is 4.09. The van der Waals surface area contributed by atoms with Gasteiger partial charge in [-0.2, -0.15) is 4.99 Å². The van der Waals surface area contributed by atoms with E-state index in [4.69, 9.17) is 5.73 Å². The lowest BCUT2D eigenvalue weighted by atomic mass is 10.3. The highest BCUT2D eigenvalue weighted by Gasteiger charge is 1.96. The molecule has 0 spiro atoms. The largest absolute Gasteiger partial charge is 0.387 e. The highest BCUT2D eigenvalue weighted by molar-refractivity contribution is 6.00. The molecule has 0 aromatic heterocycles. The zero-order chi connectivity index (χ0) is 7.44. The summed E-state index contributed by atoms with van der Waals surface area (Å²) in [5.74, 6) is -0.0852. The van der Waals surface area contributed by atoms with Gasteiger partial charge < -0.3 is 5.73 Å². The van der Waals surface area contributed by atoms with E-state index in [9.17, 15) is 4.79 Å². The van der Waals surface area contributed by atoms with Gasteiger partial charge in [-0.15, -0.1) is 0 Å². The van der Waals surface area contributed by atoms with Crippen LogP contribution in [0.2, 0.25) is 0 Å². The maximum absolute atomic E-state index is 10.6. The van der Waals surface area contributed by atoms with E-state index in [0.717, 1.165) is 0 Å². The van der Waals surface area contributed by atoms with Crippen LogP contribution in [0.1, 0.15) is 13.8 Å². The number of nitrogens with two attached hydrogens (primary N) is 1. The predicted molar refractivity (Wildman–Crippen MR) is 37.1 cm³/mol. The molecule has 0 aliphatic carbocycles. The van der Waals surface area contributed by atoms with Gasteiger partial charge in [0.15, 0.2) is 0 Å². The molecule has 0 unspecified atom stereocenters. The van der Waals surface area contributed by atoms with E-state index < -0.39 is 0 Å². The van der Waals surface area contributed by atoms with E-state index >= 15 is 0 Å². The second-order valence-corrected chi connectivity index (χ2v) is 1.84. The molecule has 0 aliphatic heterocycles. The second kappa shape index (κ2) is 3.02. The Morgan fingerprint density at radius 2 is 2.00 bits per heavy atom. The van der Waals surface area contributed by atoms with Crippen LogP contribution in [0.15, 0.2) is 17.1 Å². The molecule has 0 heterocycles. The van der Waals surface area contributed by atoms with Gasteiger partial charge in [-0.25, -0.2) is 0 Å². The van der Waals surface area contributed by atoms with Crippen molar-refractivity contribution in [2.45, 2.75) is 13.8 Å². The fraction of sp³-hybridized carbons (Fsp3) is 0.333. The number of carbonyl (C=O) groups is 1. The number of carbonyl (C=O) groups excluding carboxylic acids is 1. The Bertz CT molecular complexity index is 166. The van der Waals surface area contributed by atoms with Crippen molar-refractivity contribution < 1.29 is 4.79 Å². The maximum Gasteiger partial charge on any atom is 0.273 e. The fourth-order valence-electron chi connectivity index (χ4n) is 0.256. The first kappa shape index (κ1) is 7.88. The monoisotopic (exact) mass is 126 g/mol. The summed E-state index contributed by atoms with van der Waals surface area (Å²) in [6.07, 6.45) is 0. The van der Waals surface area contributed by atoms with E-state index in [0.29, 0.717) is 5.57 Å². The van der Waals surface area contributed by atoms with Crippen molar-refractivity contribution in [2.75, 3.05) is 0 Å². The number of nitrogens with zero attached hydrogens (tertiary/aromatic N) is 1. The molecule has 50 valence electrons. The fourth-order valence-corrected chi connectivity index (χ4v) is 0.256. The topological polar surface area (TPSA) is 55.5 Å². The molecule has 0 saturated carbocycles. The van der Waals surface area contributed by atoms with Crippen molar-refractivity contribution in [1.82, 2.24) is 0 Å². The number of aliphatic imine (C=N–C) groups is 1. The molecule has 0 fully saturated rings.